The second kappa shape index (κ2) is 2.83. The largest absolute Gasteiger partial charge is 0.362 e. The number of hydrogen-bond donors (Lipinski definition) is 1. The Balaban J connectivity index is 2.93. The van der Waals surface area contributed by atoms with Gasteiger partial charge in [0, 0.05) is 0 Å². The summed E-state index contributed by atoms with van der Waals surface area (Å²) < 4.78 is 27.2. The highest BCUT2D eigenvalue weighted by atomic mass is 32.2. The van der Waals surface area contributed by atoms with Gasteiger partial charge in [0.05, 0.1) is 5.92 Å². The zero-order valence-corrected chi connectivity index (χ0v) is 7.00. The van der Waals surface area contributed by atoms with Crippen LogP contribution in [0.2, 0.25) is 0 Å². The van der Waals surface area contributed by atoms with Crippen LogP contribution in [0.25, 0.3) is 0 Å². The van der Waals surface area contributed by atoms with E-state index in [-0.39, 0.29) is 0 Å². The molecule has 1 N–H and O–H groups in total. The van der Waals surface area contributed by atoms with Gasteiger partial charge >= 0.3 is 10.3 Å². The number of hydrogen-bond acceptors (Lipinski definition) is 5. The lowest BCUT2D eigenvalue weighted by atomic mass is 10.1. The van der Waals surface area contributed by atoms with Gasteiger partial charge in [0.15, 0.2) is 6.29 Å². The number of carbonyl (C=O) groups excluding carboxylic acids is 2. The zero-order valence-electron chi connectivity index (χ0n) is 6.18. The molecular formula is C5H7NO5S. The summed E-state index contributed by atoms with van der Waals surface area (Å²) in [6, 6.07) is 0. The molecule has 1 aliphatic rings. The second-order valence-electron chi connectivity index (χ2n) is 2.41. The van der Waals surface area contributed by atoms with Crippen molar-refractivity contribution >= 4 is 22.5 Å². The summed E-state index contributed by atoms with van der Waals surface area (Å²) in [5.74, 6) is -1.50. The summed E-state index contributed by atoms with van der Waals surface area (Å²) in [7, 11) is -4.06. The van der Waals surface area contributed by atoms with Crippen LogP contribution in [-0.2, 0) is 24.1 Å². The zero-order chi connectivity index (χ0) is 9.35. The average molecular weight is 193 g/mol. The molecule has 1 heterocycles. The Bertz CT molecular complexity index is 308. The molecule has 0 spiro atoms. The van der Waals surface area contributed by atoms with Crippen LogP contribution in [0, 0.1) is 5.92 Å². The SMILES string of the molecule is CC1C(=O)NS(=O)(=O)OC1C=O. The molecule has 2 atom stereocenters. The van der Waals surface area contributed by atoms with Gasteiger partial charge in [-0.15, -0.1) is 0 Å². The molecule has 0 aromatic rings. The quantitative estimate of drug-likeness (QED) is 0.516. The smallest absolute Gasteiger partial charge is 0.300 e. The van der Waals surface area contributed by atoms with E-state index in [1.807, 2.05) is 0 Å². The van der Waals surface area contributed by atoms with Gasteiger partial charge in [-0.1, -0.05) is 6.92 Å². The fraction of sp³-hybridized carbons (Fsp3) is 0.600. The predicted octanol–water partition coefficient (Wildman–Crippen LogP) is -1.42. The summed E-state index contributed by atoms with van der Waals surface area (Å²) in [6.07, 6.45) is -0.912. The van der Waals surface area contributed by atoms with Gasteiger partial charge in [0.25, 0.3) is 0 Å². The van der Waals surface area contributed by atoms with Crippen LogP contribution in [0.4, 0.5) is 0 Å². The first-order valence-electron chi connectivity index (χ1n) is 3.16. The van der Waals surface area contributed by atoms with Gasteiger partial charge < -0.3 is 4.79 Å². The van der Waals surface area contributed by atoms with E-state index in [0.717, 1.165) is 0 Å². The maximum absolute atomic E-state index is 10.8. The average Bonchev–Trinajstić information content (AvgIpc) is 1.96. The highest BCUT2D eigenvalue weighted by molar-refractivity contribution is 7.85. The van der Waals surface area contributed by atoms with E-state index in [2.05, 4.69) is 4.18 Å². The van der Waals surface area contributed by atoms with E-state index in [1.165, 1.54) is 6.92 Å². The van der Waals surface area contributed by atoms with Crippen molar-refractivity contribution in [3.05, 3.63) is 0 Å². The minimum Gasteiger partial charge on any atom is -0.300 e. The number of amides is 1. The third kappa shape index (κ3) is 1.62. The molecule has 1 aliphatic heterocycles. The van der Waals surface area contributed by atoms with E-state index < -0.39 is 28.2 Å². The molecule has 68 valence electrons. The molecule has 1 rings (SSSR count). The van der Waals surface area contributed by atoms with Gasteiger partial charge in [-0.05, 0) is 0 Å². The van der Waals surface area contributed by atoms with Crippen molar-refractivity contribution in [1.82, 2.24) is 4.72 Å². The monoisotopic (exact) mass is 193 g/mol. The Morgan fingerprint density at radius 2 is 2.17 bits per heavy atom. The van der Waals surface area contributed by atoms with E-state index >= 15 is 0 Å². The van der Waals surface area contributed by atoms with E-state index in [0.29, 0.717) is 6.29 Å². The predicted molar refractivity (Wildman–Crippen MR) is 37.2 cm³/mol. The van der Waals surface area contributed by atoms with E-state index in [9.17, 15) is 18.0 Å². The lowest BCUT2D eigenvalue weighted by Crippen LogP contribution is -2.49. The third-order valence-electron chi connectivity index (χ3n) is 1.50. The van der Waals surface area contributed by atoms with Gasteiger partial charge in [0.2, 0.25) is 5.91 Å². The Morgan fingerprint density at radius 3 is 2.67 bits per heavy atom. The standard InChI is InChI=1S/C5H7NO5S/c1-3-4(2-7)11-12(9,10)6-5(3)8/h2-4H,1H3,(H,6,8). The summed E-state index contributed by atoms with van der Waals surface area (Å²) in [6.45, 7) is 1.41. The molecule has 1 fully saturated rings. The highest BCUT2D eigenvalue weighted by Gasteiger charge is 2.36. The number of carbonyl (C=O) groups is 2. The fourth-order valence-electron chi connectivity index (χ4n) is 0.760. The highest BCUT2D eigenvalue weighted by Crippen LogP contribution is 2.13. The van der Waals surface area contributed by atoms with Gasteiger partial charge in [0.1, 0.15) is 6.10 Å². The van der Waals surface area contributed by atoms with Crippen molar-refractivity contribution in [3.8, 4) is 0 Å². The molecular weight excluding hydrogens is 186 g/mol. The van der Waals surface area contributed by atoms with Crippen molar-refractivity contribution in [2.24, 2.45) is 5.92 Å². The van der Waals surface area contributed by atoms with Crippen molar-refractivity contribution in [1.29, 1.82) is 0 Å². The Hall–Kier alpha value is -0.950. The number of rotatable bonds is 1. The van der Waals surface area contributed by atoms with E-state index in [1.54, 1.807) is 4.72 Å². The first kappa shape index (κ1) is 9.14. The number of nitrogens with one attached hydrogen (secondary N) is 1. The molecule has 0 aliphatic carbocycles. The van der Waals surface area contributed by atoms with Gasteiger partial charge in [-0.3, -0.25) is 4.79 Å². The summed E-state index contributed by atoms with van der Waals surface area (Å²) >= 11 is 0. The van der Waals surface area contributed by atoms with Crippen LogP contribution in [0.5, 0.6) is 0 Å². The van der Waals surface area contributed by atoms with Crippen LogP contribution in [-0.4, -0.2) is 26.7 Å². The molecule has 0 aromatic heterocycles. The van der Waals surface area contributed by atoms with Crippen LogP contribution < -0.4 is 4.72 Å². The Morgan fingerprint density at radius 1 is 1.58 bits per heavy atom. The topological polar surface area (TPSA) is 89.5 Å². The maximum Gasteiger partial charge on any atom is 0.362 e. The summed E-state index contributed by atoms with van der Waals surface area (Å²) in [5, 5.41) is 0. The van der Waals surface area contributed by atoms with Crippen LogP contribution in [0.3, 0.4) is 0 Å². The van der Waals surface area contributed by atoms with Crippen LogP contribution in [0.1, 0.15) is 6.92 Å². The molecule has 7 heteroatoms. The molecule has 12 heavy (non-hydrogen) atoms. The molecule has 0 aromatic carbocycles. The summed E-state index contributed by atoms with van der Waals surface area (Å²) in [4.78, 5) is 21.1. The van der Waals surface area contributed by atoms with Crippen molar-refractivity contribution in [2.75, 3.05) is 0 Å². The summed E-state index contributed by atoms with van der Waals surface area (Å²) in [5.41, 5.74) is 0. The minimum absolute atomic E-state index is 0.293. The van der Waals surface area contributed by atoms with Crippen molar-refractivity contribution < 1.29 is 22.2 Å². The Labute approximate surface area is 69.1 Å². The molecule has 1 saturated heterocycles. The van der Waals surface area contributed by atoms with E-state index in [4.69, 9.17) is 0 Å². The lowest BCUT2D eigenvalue weighted by molar-refractivity contribution is -0.131. The molecule has 1 amide bonds. The first-order valence-corrected chi connectivity index (χ1v) is 4.57. The second-order valence-corrected chi connectivity index (χ2v) is 3.71. The van der Waals surface area contributed by atoms with Gasteiger partial charge in [-0.25, -0.2) is 8.91 Å². The van der Waals surface area contributed by atoms with Crippen LogP contribution in [0.15, 0.2) is 0 Å². The minimum atomic E-state index is -4.06. The van der Waals surface area contributed by atoms with Crippen molar-refractivity contribution in [2.45, 2.75) is 13.0 Å². The third-order valence-corrected chi connectivity index (χ3v) is 2.43. The molecule has 0 radical (unpaired) electrons. The normalized spacial score (nSPS) is 33.9. The van der Waals surface area contributed by atoms with Gasteiger partial charge in [-0.2, -0.15) is 8.42 Å². The number of aldehydes is 1. The maximum atomic E-state index is 10.8. The van der Waals surface area contributed by atoms with Crippen LogP contribution >= 0.6 is 0 Å². The molecule has 0 saturated carbocycles. The molecule has 2 unspecified atom stereocenters. The fourth-order valence-corrected chi connectivity index (χ4v) is 1.74. The molecule has 6 nitrogen and oxygen atoms in total. The first-order chi connectivity index (χ1) is 5.46. The molecule has 0 bridgehead atoms. The van der Waals surface area contributed by atoms with Crippen molar-refractivity contribution in [3.63, 3.8) is 0 Å². The lowest BCUT2D eigenvalue weighted by Gasteiger charge is -2.23. The Kier molecular flexibility index (Phi) is 2.16.